The van der Waals surface area contributed by atoms with Crippen LogP contribution in [-0.2, 0) is 18.9 Å². The molecular formula is C19H24O6. The Morgan fingerprint density at radius 1 is 0.960 bits per heavy atom. The summed E-state index contributed by atoms with van der Waals surface area (Å²) in [4.78, 5) is 23.8. The molecule has 25 heavy (non-hydrogen) atoms. The van der Waals surface area contributed by atoms with E-state index in [-0.39, 0.29) is 23.5 Å². The highest BCUT2D eigenvalue weighted by atomic mass is 16.6. The van der Waals surface area contributed by atoms with Gasteiger partial charge in [-0.3, -0.25) is 0 Å². The zero-order valence-corrected chi connectivity index (χ0v) is 15.0. The third-order valence-corrected chi connectivity index (χ3v) is 4.92. The van der Waals surface area contributed by atoms with Gasteiger partial charge in [0.15, 0.2) is 6.10 Å². The first-order valence-corrected chi connectivity index (χ1v) is 8.44. The average molecular weight is 348 g/mol. The van der Waals surface area contributed by atoms with Crippen molar-refractivity contribution in [3.05, 3.63) is 35.4 Å². The van der Waals surface area contributed by atoms with Crippen LogP contribution in [0, 0.1) is 11.3 Å². The van der Waals surface area contributed by atoms with Gasteiger partial charge < -0.3 is 18.9 Å². The van der Waals surface area contributed by atoms with Crippen LogP contribution >= 0.6 is 0 Å². The molecule has 0 radical (unpaired) electrons. The van der Waals surface area contributed by atoms with Crippen molar-refractivity contribution >= 4 is 11.9 Å². The Balaban J connectivity index is 1.63. The number of methoxy groups -OCH3 is 1. The van der Waals surface area contributed by atoms with Crippen molar-refractivity contribution in [1.82, 2.24) is 0 Å². The lowest BCUT2D eigenvalue weighted by molar-refractivity contribution is -0.0190. The normalized spacial score (nSPS) is 28.5. The standard InChI is InChI=1S/C19H24O6/c1-19(2,3)13-9-23-16-14(10-24-15(13)16)25-18(21)12-7-5-11(6-8-12)17(20)22-4/h5-8,13-16H,9-10H2,1-4H3. The van der Waals surface area contributed by atoms with E-state index in [9.17, 15) is 9.59 Å². The highest BCUT2D eigenvalue weighted by molar-refractivity contribution is 5.93. The van der Waals surface area contributed by atoms with Gasteiger partial charge >= 0.3 is 11.9 Å². The summed E-state index contributed by atoms with van der Waals surface area (Å²) in [5.41, 5.74) is 0.833. The van der Waals surface area contributed by atoms with Gasteiger partial charge in [0.25, 0.3) is 0 Å². The number of ether oxygens (including phenoxy) is 4. The Bertz CT molecular complexity index is 645. The highest BCUT2D eigenvalue weighted by Crippen LogP contribution is 2.41. The molecule has 2 aliphatic rings. The van der Waals surface area contributed by atoms with Crippen molar-refractivity contribution in [2.75, 3.05) is 20.3 Å². The van der Waals surface area contributed by atoms with E-state index < -0.39 is 18.0 Å². The molecule has 6 heteroatoms. The fourth-order valence-electron chi connectivity index (χ4n) is 3.37. The largest absolute Gasteiger partial charge is 0.465 e. The molecule has 0 spiro atoms. The number of benzene rings is 1. The maximum absolute atomic E-state index is 12.4. The molecule has 0 saturated carbocycles. The summed E-state index contributed by atoms with van der Waals surface area (Å²) in [5, 5.41) is 0. The quantitative estimate of drug-likeness (QED) is 0.782. The van der Waals surface area contributed by atoms with Gasteiger partial charge in [-0.15, -0.1) is 0 Å². The smallest absolute Gasteiger partial charge is 0.338 e. The zero-order valence-electron chi connectivity index (χ0n) is 15.0. The van der Waals surface area contributed by atoms with E-state index >= 15 is 0 Å². The molecule has 1 aromatic rings. The molecule has 0 amide bonds. The van der Waals surface area contributed by atoms with Gasteiger partial charge in [0.2, 0.25) is 0 Å². The lowest BCUT2D eigenvalue weighted by atomic mass is 9.78. The number of fused-ring (bicyclic) bond motifs is 1. The summed E-state index contributed by atoms with van der Waals surface area (Å²) >= 11 is 0. The molecule has 1 aromatic carbocycles. The van der Waals surface area contributed by atoms with Crippen LogP contribution in [0.5, 0.6) is 0 Å². The molecule has 136 valence electrons. The molecule has 0 aliphatic carbocycles. The molecular weight excluding hydrogens is 324 g/mol. The Morgan fingerprint density at radius 3 is 2.08 bits per heavy atom. The van der Waals surface area contributed by atoms with Crippen molar-refractivity contribution in [2.24, 2.45) is 11.3 Å². The van der Waals surface area contributed by atoms with Crippen LogP contribution in [0.2, 0.25) is 0 Å². The minimum Gasteiger partial charge on any atom is -0.465 e. The zero-order chi connectivity index (χ0) is 18.2. The van der Waals surface area contributed by atoms with Gasteiger partial charge in [-0.05, 0) is 29.7 Å². The van der Waals surface area contributed by atoms with Gasteiger partial charge in [-0.25, -0.2) is 9.59 Å². The van der Waals surface area contributed by atoms with Gasteiger partial charge in [0.05, 0.1) is 37.6 Å². The van der Waals surface area contributed by atoms with E-state index in [1.165, 1.54) is 19.2 Å². The van der Waals surface area contributed by atoms with E-state index in [4.69, 9.17) is 14.2 Å². The molecule has 0 bridgehead atoms. The summed E-state index contributed by atoms with van der Waals surface area (Å²) < 4.78 is 22.0. The summed E-state index contributed by atoms with van der Waals surface area (Å²) in [7, 11) is 1.31. The minimum absolute atomic E-state index is 0.0421. The monoisotopic (exact) mass is 348 g/mol. The number of carbonyl (C=O) groups excluding carboxylic acids is 2. The first-order valence-electron chi connectivity index (χ1n) is 8.44. The average Bonchev–Trinajstić information content (AvgIpc) is 3.16. The first kappa shape index (κ1) is 17.9. The Labute approximate surface area is 147 Å². The molecule has 6 nitrogen and oxygen atoms in total. The van der Waals surface area contributed by atoms with Crippen LogP contribution in [-0.4, -0.2) is 50.6 Å². The van der Waals surface area contributed by atoms with Crippen molar-refractivity contribution in [1.29, 1.82) is 0 Å². The molecule has 2 aliphatic heterocycles. The van der Waals surface area contributed by atoms with Crippen LogP contribution in [0.1, 0.15) is 41.5 Å². The summed E-state index contributed by atoms with van der Waals surface area (Å²) in [6.45, 7) is 7.44. The van der Waals surface area contributed by atoms with Gasteiger partial charge in [-0.2, -0.15) is 0 Å². The highest BCUT2D eigenvalue weighted by Gasteiger charge is 2.52. The second-order valence-corrected chi connectivity index (χ2v) is 7.58. The maximum Gasteiger partial charge on any atom is 0.338 e. The minimum atomic E-state index is -0.450. The van der Waals surface area contributed by atoms with E-state index in [0.29, 0.717) is 24.3 Å². The fraction of sp³-hybridized carbons (Fsp3) is 0.579. The lowest BCUT2D eigenvalue weighted by Gasteiger charge is -2.29. The van der Waals surface area contributed by atoms with Crippen LogP contribution in [0.15, 0.2) is 24.3 Å². The number of hydrogen-bond donors (Lipinski definition) is 0. The molecule has 2 fully saturated rings. The van der Waals surface area contributed by atoms with Crippen molar-refractivity contribution < 1.29 is 28.5 Å². The van der Waals surface area contributed by atoms with Crippen LogP contribution < -0.4 is 0 Å². The molecule has 4 atom stereocenters. The number of carbonyl (C=O) groups is 2. The Kier molecular flexibility index (Phi) is 4.84. The number of esters is 2. The predicted octanol–water partition coefficient (Wildman–Crippen LogP) is 2.46. The SMILES string of the molecule is COC(=O)c1ccc(C(=O)OC2COC3C2OCC3C(C)(C)C)cc1. The predicted molar refractivity (Wildman–Crippen MR) is 89.4 cm³/mol. The van der Waals surface area contributed by atoms with Crippen LogP contribution in [0.25, 0.3) is 0 Å². The summed E-state index contributed by atoms with van der Waals surface area (Å²) in [5.74, 6) is -0.617. The molecule has 0 N–H and O–H groups in total. The third-order valence-electron chi connectivity index (χ3n) is 4.92. The van der Waals surface area contributed by atoms with E-state index in [1.807, 2.05) is 0 Å². The van der Waals surface area contributed by atoms with Crippen molar-refractivity contribution in [3.8, 4) is 0 Å². The first-order chi connectivity index (χ1) is 11.8. The third kappa shape index (κ3) is 3.55. The fourth-order valence-corrected chi connectivity index (χ4v) is 3.37. The van der Waals surface area contributed by atoms with Gasteiger partial charge in [0.1, 0.15) is 6.10 Å². The second kappa shape index (κ2) is 6.77. The van der Waals surface area contributed by atoms with Gasteiger partial charge in [-0.1, -0.05) is 20.8 Å². The maximum atomic E-state index is 12.4. The van der Waals surface area contributed by atoms with Crippen LogP contribution in [0.4, 0.5) is 0 Å². The molecule has 2 saturated heterocycles. The number of hydrogen-bond acceptors (Lipinski definition) is 6. The lowest BCUT2D eigenvalue weighted by Crippen LogP contribution is -2.36. The second-order valence-electron chi connectivity index (χ2n) is 7.58. The summed E-state index contributed by atoms with van der Waals surface area (Å²) in [6, 6.07) is 6.18. The molecule has 0 aromatic heterocycles. The van der Waals surface area contributed by atoms with Crippen molar-refractivity contribution in [3.63, 3.8) is 0 Å². The van der Waals surface area contributed by atoms with E-state index in [1.54, 1.807) is 12.1 Å². The Morgan fingerprint density at radius 2 is 1.52 bits per heavy atom. The molecule has 4 unspecified atom stereocenters. The van der Waals surface area contributed by atoms with E-state index in [0.717, 1.165) is 0 Å². The number of rotatable bonds is 3. The topological polar surface area (TPSA) is 71.1 Å². The van der Waals surface area contributed by atoms with Crippen molar-refractivity contribution in [2.45, 2.75) is 39.1 Å². The molecule has 2 heterocycles. The summed E-state index contributed by atoms with van der Waals surface area (Å²) in [6.07, 6.45) is -0.674. The van der Waals surface area contributed by atoms with E-state index in [2.05, 4.69) is 25.5 Å². The Hall–Kier alpha value is -1.92. The van der Waals surface area contributed by atoms with Gasteiger partial charge in [0, 0.05) is 5.92 Å². The molecule has 3 rings (SSSR count). The van der Waals surface area contributed by atoms with Crippen LogP contribution in [0.3, 0.4) is 0 Å².